The third-order valence-electron chi connectivity index (χ3n) is 5.46. The van der Waals surface area contributed by atoms with Crippen LogP contribution in [0.2, 0.25) is 0 Å². The van der Waals surface area contributed by atoms with Gasteiger partial charge in [0.1, 0.15) is 6.04 Å². The van der Waals surface area contributed by atoms with Crippen molar-refractivity contribution in [1.29, 1.82) is 0 Å². The maximum Gasteiger partial charge on any atom is 0.288 e. The molecule has 1 saturated heterocycles. The predicted molar refractivity (Wildman–Crippen MR) is 120 cm³/mol. The molecule has 4 rings (SSSR count). The summed E-state index contributed by atoms with van der Waals surface area (Å²) in [5, 5.41) is 4.34. The van der Waals surface area contributed by atoms with Gasteiger partial charge < -0.3 is 15.0 Å². The Labute approximate surface area is 181 Å². The van der Waals surface area contributed by atoms with Crippen LogP contribution in [0.3, 0.4) is 0 Å². The summed E-state index contributed by atoms with van der Waals surface area (Å²) in [6, 6.07) is 16.5. The highest BCUT2D eigenvalue weighted by atomic mass is 16.5. The second kappa shape index (κ2) is 9.18. The molecule has 2 amide bonds. The van der Waals surface area contributed by atoms with Crippen LogP contribution in [-0.4, -0.2) is 50.0 Å². The summed E-state index contributed by atoms with van der Waals surface area (Å²) in [6.07, 6.45) is 0. The summed E-state index contributed by atoms with van der Waals surface area (Å²) in [5.74, 6) is -0.452. The molecule has 8 nitrogen and oxygen atoms in total. The number of nitrogens with zero attached hydrogens (tertiary/aromatic N) is 3. The predicted octanol–water partition coefficient (Wildman–Crippen LogP) is 2.04. The van der Waals surface area contributed by atoms with Gasteiger partial charge in [0.2, 0.25) is 5.84 Å². The van der Waals surface area contributed by atoms with Crippen LogP contribution < -0.4 is 20.7 Å². The molecule has 2 heterocycles. The molecule has 31 heavy (non-hydrogen) atoms. The normalized spacial score (nSPS) is 20.0. The number of hydrogen-bond donors (Lipinski definition) is 2. The average molecular weight is 422 g/mol. The Balaban J connectivity index is 1.42. The lowest BCUT2D eigenvalue weighted by Crippen LogP contribution is -2.58. The van der Waals surface area contributed by atoms with Crippen molar-refractivity contribution in [2.24, 2.45) is 4.99 Å². The molecular weight excluding hydrogens is 394 g/mol. The summed E-state index contributed by atoms with van der Waals surface area (Å²) in [7, 11) is 0. The van der Waals surface area contributed by atoms with Crippen LogP contribution in [0.25, 0.3) is 0 Å². The van der Waals surface area contributed by atoms with Crippen molar-refractivity contribution in [3.05, 3.63) is 60.2 Å². The van der Waals surface area contributed by atoms with Crippen molar-refractivity contribution in [1.82, 2.24) is 10.7 Å². The van der Waals surface area contributed by atoms with Gasteiger partial charge in [-0.1, -0.05) is 30.3 Å². The van der Waals surface area contributed by atoms with Gasteiger partial charge in [0.05, 0.1) is 24.9 Å². The monoisotopic (exact) mass is 421 g/mol. The number of hydrogen-bond acceptors (Lipinski definition) is 6. The number of carbonyl (C=O) groups excluding carboxylic acids is 2. The highest BCUT2D eigenvalue weighted by Gasteiger charge is 2.31. The van der Waals surface area contributed by atoms with E-state index in [2.05, 4.69) is 32.8 Å². The smallest absolute Gasteiger partial charge is 0.288 e. The van der Waals surface area contributed by atoms with Crippen molar-refractivity contribution in [3.63, 3.8) is 0 Å². The zero-order valence-corrected chi connectivity index (χ0v) is 17.7. The van der Waals surface area contributed by atoms with E-state index < -0.39 is 6.04 Å². The first-order valence-corrected chi connectivity index (χ1v) is 10.5. The number of morpholine rings is 1. The number of aliphatic imine (C=N–C) groups is 1. The van der Waals surface area contributed by atoms with Crippen molar-refractivity contribution in [2.45, 2.75) is 25.9 Å². The minimum atomic E-state index is -0.648. The third-order valence-corrected chi connectivity index (χ3v) is 5.46. The van der Waals surface area contributed by atoms with Crippen LogP contribution in [0.5, 0.6) is 0 Å². The van der Waals surface area contributed by atoms with Gasteiger partial charge in [-0.25, -0.2) is 10.0 Å². The van der Waals surface area contributed by atoms with Crippen molar-refractivity contribution >= 4 is 29.0 Å². The minimum absolute atomic E-state index is 0.118. The lowest BCUT2D eigenvalue weighted by molar-refractivity contribution is -0.120. The molecule has 2 aliphatic rings. The van der Waals surface area contributed by atoms with E-state index >= 15 is 0 Å². The van der Waals surface area contributed by atoms with Gasteiger partial charge in [0.25, 0.3) is 11.8 Å². The number of nitrogens with one attached hydrogen (secondary N) is 2. The summed E-state index contributed by atoms with van der Waals surface area (Å²) >= 11 is 0. The molecule has 0 spiro atoms. The average Bonchev–Trinajstić information content (AvgIpc) is 2.82. The molecule has 2 aromatic rings. The molecule has 2 aliphatic heterocycles. The highest BCUT2D eigenvalue weighted by Crippen LogP contribution is 2.21. The highest BCUT2D eigenvalue weighted by molar-refractivity contribution is 6.39. The van der Waals surface area contributed by atoms with E-state index in [0.29, 0.717) is 5.69 Å². The largest absolute Gasteiger partial charge is 0.378 e. The molecule has 0 bridgehead atoms. The van der Waals surface area contributed by atoms with E-state index in [1.807, 2.05) is 37.3 Å². The van der Waals surface area contributed by atoms with Crippen LogP contribution >= 0.6 is 0 Å². The van der Waals surface area contributed by atoms with Crippen LogP contribution in [-0.2, 0) is 14.3 Å². The molecule has 162 valence electrons. The number of anilines is 2. The summed E-state index contributed by atoms with van der Waals surface area (Å²) in [6.45, 7) is 6.85. The van der Waals surface area contributed by atoms with E-state index in [0.717, 1.165) is 37.6 Å². The molecule has 2 N–H and O–H groups in total. The molecule has 0 saturated carbocycles. The van der Waals surface area contributed by atoms with Gasteiger partial charge in [0, 0.05) is 18.8 Å². The van der Waals surface area contributed by atoms with Crippen molar-refractivity contribution < 1.29 is 14.3 Å². The van der Waals surface area contributed by atoms with Crippen molar-refractivity contribution in [2.75, 3.05) is 36.2 Å². The van der Waals surface area contributed by atoms with Crippen molar-refractivity contribution in [3.8, 4) is 0 Å². The second-order valence-corrected chi connectivity index (χ2v) is 7.66. The van der Waals surface area contributed by atoms with E-state index in [9.17, 15) is 9.59 Å². The fourth-order valence-electron chi connectivity index (χ4n) is 3.65. The van der Waals surface area contributed by atoms with Gasteiger partial charge in [-0.2, -0.15) is 0 Å². The Morgan fingerprint density at radius 1 is 1.10 bits per heavy atom. The van der Waals surface area contributed by atoms with Gasteiger partial charge in [-0.05, 0) is 43.7 Å². The number of benzene rings is 2. The topological polar surface area (TPSA) is 86.3 Å². The van der Waals surface area contributed by atoms with E-state index in [1.165, 1.54) is 5.01 Å². The maximum atomic E-state index is 12.9. The molecule has 2 aromatic carbocycles. The van der Waals surface area contributed by atoms with Crippen LogP contribution in [0.1, 0.15) is 25.5 Å². The number of carbonyl (C=O) groups is 2. The summed E-state index contributed by atoms with van der Waals surface area (Å²) in [4.78, 5) is 31.9. The molecule has 1 fully saturated rings. The molecular formula is C23H27N5O3. The fraction of sp³-hybridized carbons (Fsp3) is 0.348. The Morgan fingerprint density at radius 3 is 2.45 bits per heavy atom. The lowest BCUT2D eigenvalue weighted by atomic mass is 10.1. The Kier molecular flexibility index (Phi) is 6.18. The molecule has 2 atom stereocenters. The molecule has 0 aromatic heterocycles. The first kappa shape index (κ1) is 20.9. The van der Waals surface area contributed by atoms with Gasteiger partial charge in [-0.3, -0.25) is 15.0 Å². The summed E-state index contributed by atoms with van der Waals surface area (Å²) < 4.78 is 5.40. The van der Waals surface area contributed by atoms with E-state index in [4.69, 9.17) is 4.74 Å². The van der Waals surface area contributed by atoms with Crippen LogP contribution in [0.4, 0.5) is 11.4 Å². The second-order valence-electron chi connectivity index (χ2n) is 7.66. The molecule has 0 radical (unpaired) electrons. The number of amides is 2. The molecule has 8 heteroatoms. The maximum absolute atomic E-state index is 12.9. The van der Waals surface area contributed by atoms with Gasteiger partial charge >= 0.3 is 0 Å². The quantitative estimate of drug-likeness (QED) is 0.772. The zero-order chi connectivity index (χ0) is 21.8. The Hall–Kier alpha value is -3.39. The number of ether oxygens (including phenoxy) is 1. The standard InChI is InChI=1S/C23H27N5O3/c1-16(18-8-10-19(11-9-18)27-12-14-31-15-13-27)25-22(29)21-24-17(2)23(30)28(26-21)20-6-4-3-5-7-20/h3-11,16-17H,12-15H2,1-2H3,(H,24,26)(H,25,29). The third kappa shape index (κ3) is 4.69. The number of rotatable bonds is 5. The van der Waals surface area contributed by atoms with Crippen LogP contribution in [0.15, 0.2) is 59.6 Å². The SMILES string of the molecule is CC1N=C(C(=O)NC(C)c2ccc(N3CCOCC3)cc2)NN(c2ccccc2)C1=O. The Morgan fingerprint density at radius 2 is 1.77 bits per heavy atom. The first-order valence-electron chi connectivity index (χ1n) is 10.5. The number of hydrazine groups is 1. The molecule has 2 unspecified atom stereocenters. The van der Waals surface area contributed by atoms with Gasteiger partial charge in [-0.15, -0.1) is 0 Å². The van der Waals surface area contributed by atoms with E-state index in [1.54, 1.807) is 19.1 Å². The Bertz CT molecular complexity index is 955. The number of para-hydroxylation sites is 1. The summed E-state index contributed by atoms with van der Waals surface area (Å²) in [5.41, 5.74) is 5.66. The van der Waals surface area contributed by atoms with E-state index in [-0.39, 0.29) is 23.7 Å². The fourth-order valence-corrected chi connectivity index (χ4v) is 3.65. The number of amidine groups is 1. The lowest BCUT2D eigenvalue weighted by Gasteiger charge is -2.31. The van der Waals surface area contributed by atoms with Crippen LogP contribution in [0, 0.1) is 0 Å². The zero-order valence-electron chi connectivity index (χ0n) is 17.7. The minimum Gasteiger partial charge on any atom is -0.378 e. The molecule has 0 aliphatic carbocycles. The first-order chi connectivity index (χ1) is 15.0. The van der Waals surface area contributed by atoms with Gasteiger partial charge in [0.15, 0.2) is 0 Å².